The first-order valence-electron chi connectivity index (χ1n) is 11.3. The van der Waals surface area contributed by atoms with Crippen LogP contribution in [-0.4, -0.2) is 40.7 Å². The lowest BCUT2D eigenvalue weighted by Crippen LogP contribution is -2.27. The van der Waals surface area contributed by atoms with Crippen LogP contribution in [0.4, 0.5) is 0 Å². The average Bonchev–Trinajstić information content (AvgIpc) is 3.34. The molecule has 186 valence electrons. The summed E-state index contributed by atoms with van der Waals surface area (Å²) in [6.45, 7) is 16.0. The van der Waals surface area contributed by atoms with Crippen molar-refractivity contribution in [3.63, 3.8) is 0 Å². The predicted octanol–water partition coefficient (Wildman–Crippen LogP) is 6.56. The zero-order valence-electron chi connectivity index (χ0n) is 21.5. The number of hydrogen-bond donors (Lipinski definition) is 2. The molecule has 0 aliphatic heterocycles. The fourth-order valence-corrected chi connectivity index (χ4v) is 4.14. The molecular formula is C26H32Br2N6O. The van der Waals surface area contributed by atoms with Crippen molar-refractivity contribution in [1.82, 2.24) is 29.9 Å². The van der Waals surface area contributed by atoms with Gasteiger partial charge in [0, 0.05) is 20.1 Å². The molecule has 4 aromatic rings. The molecule has 0 aliphatic rings. The number of aliphatic hydroxyl groups is 1. The Hall–Kier alpha value is -2.36. The fourth-order valence-electron chi connectivity index (χ4n) is 3.68. The maximum atomic E-state index is 9.91. The van der Waals surface area contributed by atoms with Crippen molar-refractivity contribution in [1.29, 1.82) is 0 Å². The van der Waals surface area contributed by atoms with Gasteiger partial charge in [-0.25, -0.2) is 14.6 Å². The highest BCUT2D eigenvalue weighted by Crippen LogP contribution is 2.28. The topological polar surface area (TPSA) is 92.5 Å². The van der Waals surface area contributed by atoms with Crippen molar-refractivity contribution in [3.05, 3.63) is 67.1 Å². The first-order valence-corrected chi connectivity index (χ1v) is 12.9. The quantitative estimate of drug-likeness (QED) is 0.275. The lowest BCUT2D eigenvalue weighted by Gasteiger charge is -2.17. The predicted molar refractivity (Wildman–Crippen MR) is 147 cm³/mol. The van der Waals surface area contributed by atoms with E-state index in [2.05, 4.69) is 109 Å². The van der Waals surface area contributed by atoms with Crippen molar-refractivity contribution in [2.75, 3.05) is 0 Å². The number of halogens is 2. The standard InChI is InChI=1S/C15H20BrN3O.C11H12BrN3/c1-9-6-12(7-10(2)13(9)16)14-17-11(3)19(18-14)8-15(4,5)20;1-6-4-9(5-7(2)10(6)12)11-13-8(3)14-15-11/h6-7,20H,8H2,1-5H3;4-5H,1-3H3,(H,13,14,15). The van der Waals surface area contributed by atoms with E-state index in [4.69, 9.17) is 0 Å². The highest BCUT2D eigenvalue weighted by atomic mass is 79.9. The minimum atomic E-state index is -0.804. The van der Waals surface area contributed by atoms with Crippen LogP contribution in [0, 0.1) is 41.5 Å². The minimum absolute atomic E-state index is 0.431. The summed E-state index contributed by atoms with van der Waals surface area (Å²) >= 11 is 7.11. The molecule has 0 spiro atoms. The van der Waals surface area contributed by atoms with Crippen LogP contribution in [0.1, 0.15) is 47.8 Å². The lowest BCUT2D eigenvalue weighted by atomic mass is 10.1. The zero-order valence-corrected chi connectivity index (χ0v) is 24.6. The molecule has 0 aliphatic carbocycles. The Bertz CT molecular complexity index is 1300. The number of aromatic amines is 1. The maximum Gasteiger partial charge on any atom is 0.181 e. The number of aromatic nitrogens is 6. The average molecular weight is 604 g/mol. The van der Waals surface area contributed by atoms with Crippen LogP contribution in [0.25, 0.3) is 22.8 Å². The number of aryl methyl sites for hydroxylation is 6. The molecule has 4 rings (SSSR count). The number of nitrogens with zero attached hydrogens (tertiary/aromatic N) is 5. The van der Waals surface area contributed by atoms with E-state index in [0.29, 0.717) is 12.4 Å². The van der Waals surface area contributed by atoms with E-state index in [-0.39, 0.29) is 0 Å². The SMILES string of the molecule is Cc1cc(-c2nc(C)n(CC(C)(C)O)n2)cc(C)c1Br.Cc1nc(-c2cc(C)c(Br)c(C)c2)n[nH]1. The molecule has 0 fully saturated rings. The zero-order chi connectivity index (χ0) is 26.1. The fraction of sp³-hybridized carbons (Fsp3) is 0.385. The van der Waals surface area contributed by atoms with Gasteiger partial charge in [0.25, 0.3) is 0 Å². The number of benzene rings is 2. The summed E-state index contributed by atoms with van der Waals surface area (Å²) in [5.74, 6) is 3.10. The smallest absolute Gasteiger partial charge is 0.181 e. The second-order valence-electron chi connectivity index (χ2n) is 9.55. The van der Waals surface area contributed by atoms with Crippen molar-refractivity contribution >= 4 is 31.9 Å². The number of nitrogens with one attached hydrogen (secondary N) is 1. The normalized spacial score (nSPS) is 11.4. The molecule has 0 saturated heterocycles. The van der Waals surface area contributed by atoms with Crippen LogP contribution in [0.15, 0.2) is 33.2 Å². The first kappa shape index (κ1) is 27.2. The molecule has 0 atom stereocenters. The molecule has 2 aromatic heterocycles. The van der Waals surface area contributed by atoms with E-state index in [1.165, 1.54) is 11.1 Å². The van der Waals surface area contributed by atoms with Crippen molar-refractivity contribution < 1.29 is 5.11 Å². The van der Waals surface area contributed by atoms with Crippen LogP contribution in [-0.2, 0) is 6.54 Å². The van der Waals surface area contributed by atoms with Gasteiger partial charge in [-0.15, -0.1) is 0 Å². The second kappa shape index (κ2) is 10.7. The van der Waals surface area contributed by atoms with Crippen LogP contribution in [0.2, 0.25) is 0 Å². The van der Waals surface area contributed by atoms with Gasteiger partial charge in [-0.2, -0.15) is 10.2 Å². The van der Waals surface area contributed by atoms with Gasteiger partial charge in [0.15, 0.2) is 11.6 Å². The Morgan fingerprint density at radius 1 is 0.800 bits per heavy atom. The van der Waals surface area contributed by atoms with Gasteiger partial charge in [0.05, 0.1) is 12.1 Å². The third kappa shape index (κ3) is 6.86. The number of rotatable bonds is 4. The Balaban J connectivity index is 0.000000203. The highest BCUT2D eigenvalue weighted by Gasteiger charge is 2.18. The van der Waals surface area contributed by atoms with E-state index in [1.807, 2.05) is 13.8 Å². The van der Waals surface area contributed by atoms with Crippen LogP contribution < -0.4 is 0 Å². The molecule has 0 saturated carbocycles. The molecule has 9 heteroatoms. The summed E-state index contributed by atoms with van der Waals surface area (Å²) in [5, 5.41) is 21.4. The molecule has 0 amide bonds. The third-order valence-electron chi connectivity index (χ3n) is 5.38. The van der Waals surface area contributed by atoms with Gasteiger partial charge >= 0.3 is 0 Å². The first-order chi connectivity index (χ1) is 16.2. The van der Waals surface area contributed by atoms with E-state index in [1.54, 1.807) is 18.5 Å². The monoisotopic (exact) mass is 602 g/mol. The molecule has 2 aromatic carbocycles. The summed E-state index contributed by atoms with van der Waals surface area (Å²) in [6.07, 6.45) is 0. The molecule has 7 nitrogen and oxygen atoms in total. The van der Waals surface area contributed by atoms with Crippen molar-refractivity contribution in [3.8, 4) is 22.8 Å². The van der Waals surface area contributed by atoms with Crippen molar-refractivity contribution in [2.45, 2.75) is 67.5 Å². The summed E-state index contributed by atoms with van der Waals surface area (Å²) < 4.78 is 4.02. The molecule has 2 N–H and O–H groups in total. The largest absolute Gasteiger partial charge is 0.389 e. The molecule has 35 heavy (non-hydrogen) atoms. The van der Waals surface area contributed by atoms with Gasteiger partial charge in [-0.05, 0) is 102 Å². The van der Waals surface area contributed by atoms with Crippen molar-refractivity contribution in [2.24, 2.45) is 0 Å². The van der Waals surface area contributed by atoms with E-state index in [9.17, 15) is 5.11 Å². The Labute approximate surface area is 223 Å². The minimum Gasteiger partial charge on any atom is -0.389 e. The van der Waals surface area contributed by atoms with E-state index < -0.39 is 5.60 Å². The molecular weight excluding hydrogens is 572 g/mol. The van der Waals surface area contributed by atoms with Gasteiger partial charge in [-0.3, -0.25) is 5.10 Å². The van der Waals surface area contributed by atoms with E-state index >= 15 is 0 Å². The van der Waals surface area contributed by atoms with Crippen LogP contribution >= 0.6 is 31.9 Å². The summed E-state index contributed by atoms with van der Waals surface area (Å²) in [7, 11) is 0. The lowest BCUT2D eigenvalue weighted by molar-refractivity contribution is 0.0570. The summed E-state index contributed by atoms with van der Waals surface area (Å²) in [6, 6.07) is 8.31. The number of hydrogen-bond acceptors (Lipinski definition) is 5. The van der Waals surface area contributed by atoms with Gasteiger partial charge in [-0.1, -0.05) is 31.9 Å². The van der Waals surface area contributed by atoms with E-state index in [0.717, 1.165) is 48.7 Å². The Morgan fingerprint density at radius 3 is 1.66 bits per heavy atom. The third-order valence-corrected chi connectivity index (χ3v) is 7.88. The molecule has 0 unspecified atom stereocenters. The van der Waals surface area contributed by atoms with Gasteiger partial charge in [0.2, 0.25) is 0 Å². The summed E-state index contributed by atoms with van der Waals surface area (Å²) in [4.78, 5) is 8.81. The Morgan fingerprint density at radius 2 is 1.26 bits per heavy atom. The van der Waals surface area contributed by atoms with Gasteiger partial charge in [0.1, 0.15) is 11.6 Å². The van der Waals surface area contributed by atoms with Crippen LogP contribution in [0.5, 0.6) is 0 Å². The number of H-pyrrole nitrogens is 1. The highest BCUT2D eigenvalue weighted by molar-refractivity contribution is 9.10. The molecule has 2 heterocycles. The maximum absolute atomic E-state index is 9.91. The Kier molecular flexibility index (Phi) is 8.34. The summed E-state index contributed by atoms with van der Waals surface area (Å²) in [5.41, 5.74) is 5.98. The molecule has 0 radical (unpaired) electrons. The molecule has 0 bridgehead atoms. The second-order valence-corrected chi connectivity index (χ2v) is 11.1. The van der Waals surface area contributed by atoms with Gasteiger partial charge < -0.3 is 5.11 Å². The van der Waals surface area contributed by atoms with Crippen LogP contribution in [0.3, 0.4) is 0 Å².